The fourth-order valence-corrected chi connectivity index (χ4v) is 6.14. The molecule has 2 aliphatic rings. The zero-order chi connectivity index (χ0) is 24.0. The molecule has 2 unspecified atom stereocenters. The number of aromatic nitrogens is 1. The minimum atomic E-state index is -0.730. The molecule has 0 radical (unpaired) electrons. The van der Waals surface area contributed by atoms with E-state index in [1.165, 1.54) is 33.4 Å². The molecule has 176 valence electrons. The third-order valence-electron chi connectivity index (χ3n) is 7.71. The largest absolute Gasteiger partial charge is 0.462 e. The topological polar surface area (TPSA) is 46.8 Å². The number of aliphatic imine (C=N–C) groups is 1. The van der Waals surface area contributed by atoms with Crippen molar-refractivity contribution in [3.05, 3.63) is 76.5 Å². The van der Waals surface area contributed by atoms with Crippen LogP contribution in [0, 0.1) is 19.8 Å². The van der Waals surface area contributed by atoms with Gasteiger partial charge in [0.1, 0.15) is 12.1 Å². The second-order valence-electron chi connectivity index (χ2n) is 9.21. The lowest BCUT2D eigenvalue weighted by Crippen LogP contribution is -2.39. The second kappa shape index (κ2) is 8.46. The van der Waals surface area contributed by atoms with Crippen molar-refractivity contribution >= 4 is 28.8 Å². The number of carbonyl (C=O) groups is 1. The first kappa shape index (κ1) is 22.5. The molecule has 1 aromatic heterocycles. The van der Waals surface area contributed by atoms with E-state index in [-0.39, 0.29) is 11.9 Å². The molecule has 2 aliphatic heterocycles. The Morgan fingerprint density at radius 1 is 1.12 bits per heavy atom. The van der Waals surface area contributed by atoms with Crippen molar-refractivity contribution in [3.8, 4) is 0 Å². The van der Waals surface area contributed by atoms with Gasteiger partial charge in [0.25, 0.3) is 0 Å². The number of carbonyl (C=O) groups excluding carboxylic acids is 1. The highest BCUT2D eigenvalue weighted by Gasteiger charge is 2.53. The highest BCUT2D eigenvalue weighted by molar-refractivity contribution is 5.99. The fourth-order valence-electron chi connectivity index (χ4n) is 6.14. The molecule has 3 aromatic rings. The molecule has 2 aromatic carbocycles. The van der Waals surface area contributed by atoms with Gasteiger partial charge in [-0.15, -0.1) is 0 Å². The van der Waals surface area contributed by atoms with Crippen LogP contribution >= 0.6 is 0 Å². The van der Waals surface area contributed by atoms with E-state index in [0.29, 0.717) is 6.61 Å². The number of anilines is 1. The van der Waals surface area contributed by atoms with Crippen LogP contribution in [0.1, 0.15) is 43.2 Å². The Balaban J connectivity index is 1.84. The van der Waals surface area contributed by atoms with Gasteiger partial charge in [0.2, 0.25) is 0 Å². The van der Waals surface area contributed by atoms with Crippen LogP contribution in [0.15, 0.2) is 59.1 Å². The molecule has 2 atom stereocenters. The summed E-state index contributed by atoms with van der Waals surface area (Å²) in [5, 5.41) is 1.19. The van der Waals surface area contributed by atoms with Crippen molar-refractivity contribution in [2.75, 3.05) is 24.6 Å². The highest BCUT2D eigenvalue weighted by atomic mass is 16.5. The lowest BCUT2D eigenvalue weighted by atomic mass is 9.68. The van der Waals surface area contributed by atoms with E-state index in [0.717, 1.165) is 30.8 Å². The summed E-state index contributed by atoms with van der Waals surface area (Å²) >= 11 is 0. The molecule has 0 saturated carbocycles. The Kier molecular flexibility index (Phi) is 5.59. The van der Waals surface area contributed by atoms with Crippen molar-refractivity contribution in [1.82, 2.24) is 4.57 Å². The molecule has 0 N–H and O–H groups in total. The molecule has 0 bridgehead atoms. The molecule has 5 rings (SSSR count). The molecule has 0 amide bonds. The zero-order valence-corrected chi connectivity index (χ0v) is 20.8. The number of rotatable bonds is 6. The van der Waals surface area contributed by atoms with Gasteiger partial charge in [0.15, 0.2) is 0 Å². The lowest BCUT2D eigenvalue weighted by Gasteiger charge is -2.39. The summed E-state index contributed by atoms with van der Waals surface area (Å²) in [7, 11) is 0. The van der Waals surface area contributed by atoms with E-state index in [1.807, 2.05) is 12.3 Å². The van der Waals surface area contributed by atoms with Crippen LogP contribution in [0.3, 0.4) is 0 Å². The maximum Gasteiger partial charge on any atom is 0.334 e. The van der Waals surface area contributed by atoms with Crippen LogP contribution in [-0.4, -0.2) is 36.4 Å². The monoisotopic (exact) mass is 455 g/mol. The van der Waals surface area contributed by atoms with E-state index < -0.39 is 5.54 Å². The number of hydrogen-bond donors (Lipinski definition) is 0. The number of hydrogen-bond acceptors (Lipinski definition) is 4. The minimum Gasteiger partial charge on any atom is -0.462 e. The van der Waals surface area contributed by atoms with Crippen molar-refractivity contribution < 1.29 is 9.53 Å². The Bertz CT molecular complexity index is 1330. The van der Waals surface area contributed by atoms with E-state index >= 15 is 0 Å². The van der Waals surface area contributed by atoms with Crippen LogP contribution in [0.25, 0.3) is 10.9 Å². The Hall–Kier alpha value is -3.34. The number of para-hydroxylation sites is 1. The molecular weight excluding hydrogens is 422 g/mol. The van der Waals surface area contributed by atoms with Crippen LogP contribution in [-0.2, 0) is 21.6 Å². The van der Waals surface area contributed by atoms with Crippen LogP contribution in [0.5, 0.6) is 0 Å². The zero-order valence-electron chi connectivity index (χ0n) is 20.8. The maximum absolute atomic E-state index is 12.7. The number of cyclic esters (lactones) is 1. The fraction of sp³-hybridized carbons (Fsp3) is 0.379. The Morgan fingerprint density at radius 3 is 2.59 bits per heavy atom. The van der Waals surface area contributed by atoms with Gasteiger partial charge in [-0.05, 0) is 70.0 Å². The summed E-state index contributed by atoms with van der Waals surface area (Å²) in [5.74, 6) is -0.396. The van der Waals surface area contributed by atoms with Gasteiger partial charge in [0.05, 0.1) is 5.92 Å². The first-order chi connectivity index (χ1) is 16.5. The Morgan fingerprint density at radius 2 is 1.88 bits per heavy atom. The second-order valence-corrected chi connectivity index (χ2v) is 9.21. The molecule has 0 spiro atoms. The van der Waals surface area contributed by atoms with Gasteiger partial charge < -0.3 is 14.2 Å². The number of nitrogens with zero attached hydrogens (tertiary/aromatic N) is 3. The van der Waals surface area contributed by atoms with Crippen LogP contribution in [0.4, 0.5) is 5.69 Å². The molecule has 5 heteroatoms. The standard InChI is InChI=1S/C29H33N3O2/c1-6-31(7-2)21-13-14-24(19(4)17-21)29(25-18-34-28(33)22(25)15-16-30-29)27-20(5)32(8-3)26-12-10-9-11-23(26)27/h9-17,25H,6-8,18H2,1-5H3. The summed E-state index contributed by atoms with van der Waals surface area (Å²) in [5.41, 5.74) is 7.07. The number of dihydropyridines is 1. The maximum atomic E-state index is 12.7. The van der Waals surface area contributed by atoms with Crippen LogP contribution in [0.2, 0.25) is 0 Å². The van der Waals surface area contributed by atoms with Gasteiger partial charge in [-0.2, -0.15) is 0 Å². The lowest BCUT2D eigenvalue weighted by molar-refractivity contribution is -0.135. The molecule has 0 aliphatic carbocycles. The van der Waals surface area contributed by atoms with Gasteiger partial charge in [-0.3, -0.25) is 4.99 Å². The van der Waals surface area contributed by atoms with Crippen molar-refractivity contribution in [1.29, 1.82) is 0 Å². The van der Waals surface area contributed by atoms with E-state index in [4.69, 9.17) is 9.73 Å². The molecule has 3 heterocycles. The first-order valence-corrected chi connectivity index (χ1v) is 12.3. The first-order valence-electron chi connectivity index (χ1n) is 12.3. The van der Waals surface area contributed by atoms with Gasteiger partial charge in [-0.1, -0.05) is 24.3 Å². The van der Waals surface area contributed by atoms with E-state index in [9.17, 15) is 4.79 Å². The van der Waals surface area contributed by atoms with E-state index in [1.54, 1.807) is 0 Å². The minimum absolute atomic E-state index is 0.169. The molecule has 1 fully saturated rings. The van der Waals surface area contributed by atoms with Crippen molar-refractivity contribution in [3.63, 3.8) is 0 Å². The number of ether oxygens (including phenoxy) is 1. The number of aryl methyl sites for hydroxylation is 2. The smallest absolute Gasteiger partial charge is 0.334 e. The highest BCUT2D eigenvalue weighted by Crippen LogP contribution is 2.52. The van der Waals surface area contributed by atoms with Gasteiger partial charge >= 0.3 is 5.97 Å². The van der Waals surface area contributed by atoms with E-state index in [2.05, 4.69) is 86.6 Å². The summed E-state index contributed by atoms with van der Waals surface area (Å²) in [6.07, 6.45) is 3.65. The third kappa shape index (κ3) is 3.06. The third-order valence-corrected chi connectivity index (χ3v) is 7.71. The van der Waals surface area contributed by atoms with Crippen molar-refractivity contribution in [2.24, 2.45) is 10.9 Å². The van der Waals surface area contributed by atoms with Crippen molar-refractivity contribution in [2.45, 2.75) is 46.7 Å². The predicted molar refractivity (Wildman–Crippen MR) is 139 cm³/mol. The Labute approximate surface area is 201 Å². The van der Waals surface area contributed by atoms with Gasteiger partial charge in [-0.25, -0.2) is 4.79 Å². The number of fused-ring (bicyclic) bond motifs is 2. The van der Waals surface area contributed by atoms with Crippen LogP contribution < -0.4 is 4.90 Å². The molecular formula is C29H33N3O2. The van der Waals surface area contributed by atoms with Gasteiger partial charge in [0, 0.05) is 59.3 Å². The molecule has 1 saturated heterocycles. The normalized spacial score (nSPS) is 21.5. The quantitative estimate of drug-likeness (QED) is 0.458. The summed E-state index contributed by atoms with van der Waals surface area (Å²) in [6.45, 7) is 14.0. The average molecular weight is 456 g/mol. The number of allylic oxidation sites excluding steroid dienone is 1. The molecule has 34 heavy (non-hydrogen) atoms. The summed E-state index contributed by atoms with van der Waals surface area (Å²) < 4.78 is 7.98. The predicted octanol–water partition coefficient (Wildman–Crippen LogP) is 5.55. The summed E-state index contributed by atoms with van der Waals surface area (Å²) in [4.78, 5) is 20.3. The number of benzene rings is 2. The average Bonchev–Trinajstić information content (AvgIpc) is 3.37. The SMILES string of the molecule is CCN(CC)c1ccc(C2(c3c(C)n(CC)c4ccccc34)N=CC=C3C(=O)OCC32)c(C)c1. The number of esters is 1. The summed E-state index contributed by atoms with van der Waals surface area (Å²) in [6, 6.07) is 15.3. The molecule has 5 nitrogen and oxygen atoms in total.